The van der Waals surface area contributed by atoms with Crippen LogP contribution in [0.25, 0.3) is 0 Å². The molecule has 0 atom stereocenters. The van der Waals surface area contributed by atoms with Crippen molar-refractivity contribution in [1.29, 1.82) is 0 Å². The van der Waals surface area contributed by atoms with Gasteiger partial charge in [-0.05, 0) is 82.1 Å². The van der Waals surface area contributed by atoms with Gasteiger partial charge in [0.05, 0.1) is 4.90 Å². The molecule has 0 aromatic heterocycles. The molecule has 2 aromatic carbocycles. The highest BCUT2D eigenvalue weighted by Crippen LogP contribution is 2.26. The van der Waals surface area contributed by atoms with Gasteiger partial charge < -0.3 is 10.6 Å². The summed E-state index contributed by atoms with van der Waals surface area (Å²) in [5.74, 6) is -0.540. The van der Waals surface area contributed by atoms with Crippen LogP contribution in [0.5, 0.6) is 0 Å². The molecule has 0 heterocycles. The second-order valence-electron chi connectivity index (χ2n) is 9.57. The number of hydrogen-bond acceptors (Lipinski definition) is 4. The number of rotatable bonds is 6. The first kappa shape index (κ1) is 24.9. The van der Waals surface area contributed by atoms with Gasteiger partial charge in [0, 0.05) is 35.4 Å². The van der Waals surface area contributed by atoms with Crippen LogP contribution in [0.1, 0.15) is 73.6 Å². The molecular formula is C25H33N3O4S. The van der Waals surface area contributed by atoms with Crippen molar-refractivity contribution >= 4 is 27.5 Å². The summed E-state index contributed by atoms with van der Waals surface area (Å²) in [4.78, 5) is 25.0. The molecule has 2 N–H and O–H groups in total. The summed E-state index contributed by atoms with van der Waals surface area (Å²) in [7, 11) is -1.97. The van der Waals surface area contributed by atoms with Crippen LogP contribution in [-0.4, -0.2) is 43.2 Å². The molecule has 2 amide bonds. The van der Waals surface area contributed by atoms with Crippen LogP contribution in [0, 0.1) is 0 Å². The van der Waals surface area contributed by atoms with Crippen LogP contribution < -0.4 is 10.6 Å². The zero-order valence-corrected chi connectivity index (χ0v) is 20.5. The molecule has 1 fully saturated rings. The summed E-state index contributed by atoms with van der Waals surface area (Å²) < 4.78 is 27.4. The monoisotopic (exact) mass is 471 g/mol. The van der Waals surface area contributed by atoms with Crippen LogP contribution in [0.3, 0.4) is 0 Å². The van der Waals surface area contributed by atoms with Crippen molar-refractivity contribution in [2.75, 3.05) is 12.4 Å². The lowest BCUT2D eigenvalue weighted by atomic mass is 9.96. The fraction of sp³-hybridized carbons (Fsp3) is 0.440. The van der Waals surface area contributed by atoms with Crippen molar-refractivity contribution in [1.82, 2.24) is 9.62 Å². The average molecular weight is 472 g/mol. The Balaban J connectivity index is 1.65. The number of anilines is 1. The standard InChI is InChI=1S/C25H33N3O4S/c1-25(2,3)27-24(30)19-10-14-20(15-11-19)26-23(29)18-12-16-22(17-13-18)33(31,32)28(4)21-8-6-5-7-9-21/h10-17,21H,5-9H2,1-4H3,(H,26,29)(H,27,30). The molecule has 3 rings (SSSR count). The third-order valence-electron chi connectivity index (χ3n) is 5.78. The minimum Gasteiger partial charge on any atom is -0.347 e. The highest BCUT2D eigenvalue weighted by Gasteiger charge is 2.29. The van der Waals surface area contributed by atoms with Crippen LogP contribution >= 0.6 is 0 Å². The van der Waals surface area contributed by atoms with Gasteiger partial charge in [-0.1, -0.05) is 19.3 Å². The molecule has 7 nitrogen and oxygen atoms in total. The van der Waals surface area contributed by atoms with Crippen molar-refractivity contribution in [2.24, 2.45) is 0 Å². The summed E-state index contributed by atoms with van der Waals surface area (Å²) in [6.07, 6.45) is 5.01. The Hall–Kier alpha value is -2.71. The molecule has 178 valence electrons. The smallest absolute Gasteiger partial charge is 0.255 e. The van der Waals surface area contributed by atoms with Gasteiger partial charge >= 0.3 is 0 Å². The van der Waals surface area contributed by atoms with Crippen LogP contribution in [-0.2, 0) is 10.0 Å². The first-order valence-electron chi connectivity index (χ1n) is 11.3. The predicted molar refractivity (Wildman–Crippen MR) is 130 cm³/mol. The normalized spacial score (nSPS) is 15.3. The van der Waals surface area contributed by atoms with Crippen molar-refractivity contribution in [3.63, 3.8) is 0 Å². The molecule has 0 unspecified atom stereocenters. The maximum Gasteiger partial charge on any atom is 0.255 e. The maximum atomic E-state index is 13.0. The third kappa shape index (κ3) is 6.42. The van der Waals surface area contributed by atoms with Gasteiger partial charge in [-0.2, -0.15) is 4.31 Å². The van der Waals surface area contributed by atoms with Crippen LogP contribution in [0.2, 0.25) is 0 Å². The maximum absolute atomic E-state index is 13.0. The van der Waals surface area contributed by atoms with Gasteiger partial charge in [-0.3, -0.25) is 9.59 Å². The van der Waals surface area contributed by atoms with Crippen molar-refractivity contribution < 1.29 is 18.0 Å². The van der Waals surface area contributed by atoms with Crippen LogP contribution in [0.15, 0.2) is 53.4 Å². The fourth-order valence-electron chi connectivity index (χ4n) is 3.91. The van der Waals surface area contributed by atoms with Gasteiger partial charge in [0.2, 0.25) is 10.0 Å². The average Bonchev–Trinajstić information content (AvgIpc) is 2.78. The van der Waals surface area contributed by atoms with E-state index in [-0.39, 0.29) is 28.3 Å². The van der Waals surface area contributed by atoms with Crippen molar-refractivity contribution in [3.8, 4) is 0 Å². The highest BCUT2D eigenvalue weighted by molar-refractivity contribution is 7.89. The zero-order chi connectivity index (χ0) is 24.2. The Morgan fingerprint density at radius 2 is 1.36 bits per heavy atom. The van der Waals surface area contributed by atoms with Gasteiger partial charge in [0.15, 0.2) is 0 Å². The number of sulfonamides is 1. The number of carbonyl (C=O) groups is 2. The largest absolute Gasteiger partial charge is 0.347 e. The topological polar surface area (TPSA) is 95.6 Å². The summed E-state index contributed by atoms with van der Waals surface area (Å²) in [6.45, 7) is 5.72. The predicted octanol–water partition coefficient (Wildman–Crippen LogP) is 4.42. The lowest BCUT2D eigenvalue weighted by Gasteiger charge is -2.30. The number of benzene rings is 2. The molecule has 0 aliphatic heterocycles. The van der Waals surface area contributed by atoms with E-state index in [2.05, 4.69) is 10.6 Å². The Bertz CT molecular complexity index is 1080. The van der Waals surface area contributed by atoms with E-state index in [1.807, 2.05) is 20.8 Å². The first-order valence-corrected chi connectivity index (χ1v) is 12.7. The van der Waals surface area contributed by atoms with Gasteiger partial charge in [0.25, 0.3) is 11.8 Å². The molecule has 1 aliphatic rings. The molecular weight excluding hydrogens is 438 g/mol. The molecule has 2 aromatic rings. The van der Waals surface area contributed by atoms with Gasteiger partial charge in [-0.15, -0.1) is 0 Å². The molecule has 1 saturated carbocycles. The third-order valence-corrected chi connectivity index (χ3v) is 7.70. The lowest BCUT2D eigenvalue weighted by molar-refractivity contribution is 0.0919. The molecule has 8 heteroatoms. The van der Waals surface area contributed by atoms with E-state index in [4.69, 9.17) is 0 Å². The Kier molecular flexibility index (Phi) is 7.59. The second kappa shape index (κ2) is 10.1. The molecule has 0 saturated heterocycles. The fourth-order valence-corrected chi connectivity index (χ4v) is 5.32. The second-order valence-corrected chi connectivity index (χ2v) is 11.6. The van der Waals surface area contributed by atoms with E-state index in [0.29, 0.717) is 16.8 Å². The number of hydrogen-bond donors (Lipinski definition) is 2. The summed E-state index contributed by atoms with van der Waals surface area (Å²) in [5, 5.41) is 5.66. The Morgan fingerprint density at radius 3 is 1.91 bits per heavy atom. The van der Waals surface area contributed by atoms with Gasteiger partial charge in [0.1, 0.15) is 0 Å². The minimum atomic E-state index is -3.60. The molecule has 0 bridgehead atoms. The minimum absolute atomic E-state index is 0.0279. The van der Waals surface area contributed by atoms with Crippen LogP contribution in [0.4, 0.5) is 5.69 Å². The summed E-state index contributed by atoms with van der Waals surface area (Å²) in [5.41, 5.74) is 1.05. The van der Waals surface area contributed by atoms with E-state index >= 15 is 0 Å². The Labute approximate surface area is 196 Å². The molecule has 0 spiro atoms. The lowest BCUT2D eigenvalue weighted by Crippen LogP contribution is -2.40. The van der Waals surface area contributed by atoms with E-state index in [9.17, 15) is 18.0 Å². The highest BCUT2D eigenvalue weighted by atomic mass is 32.2. The number of nitrogens with one attached hydrogen (secondary N) is 2. The summed E-state index contributed by atoms with van der Waals surface area (Å²) >= 11 is 0. The van der Waals surface area contributed by atoms with E-state index in [0.717, 1.165) is 32.1 Å². The van der Waals surface area contributed by atoms with E-state index in [1.54, 1.807) is 31.3 Å². The number of amides is 2. The SMILES string of the molecule is CN(C1CCCCC1)S(=O)(=O)c1ccc(C(=O)Nc2ccc(C(=O)NC(C)(C)C)cc2)cc1. The van der Waals surface area contributed by atoms with Crippen molar-refractivity contribution in [2.45, 2.75) is 69.4 Å². The zero-order valence-electron chi connectivity index (χ0n) is 19.7. The molecule has 1 aliphatic carbocycles. The quantitative estimate of drug-likeness (QED) is 0.652. The molecule has 33 heavy (non-hydrogen) atoms. The van der Waals surface area contributed by atoms with Gasteiger partial charge in [-0.25, -0.2) is 8.42 Å². The summed E-state index contributed by atoms with van der Waals surface area (Å²) in [6, 6.07) is 12.6. The van der Waals surface area contributed by atoms with E-state index < -0.39 is 10.0 Å². The number of nitrogens with zero attached hydrogens (tertiary/aromatic N) is 1. The Morgan fingerprint density at radius 1 is 0.848 bits per heavy atom. The first-order chi connectivity index (χ1) is 15.5. The van der Waals surface area contributed by atoms with Crippen molar-refractivity contribution in [3.05, 3.63) is 59.7 Å². The van der Waals surface area contributed by atoms with E-state index in [1.165, 1.54) is 28.6 Å². The molecule has 0 radical (unpaired) electrons. The number of carbonyl (C=O) groups excluding carboxylic acids is 2.